The third-order valence-electron chi connectivity index (χ3n) is 8.57. The number of rotatable bonds is 11. The van der Waals surface area contributed by atoms with Crippen molar-refractivity contribution in [2.45, 2.75) is 12.6 Å². The van der Waals surface area contributed by atoms with Crippen molar-refractivity contribution < 1.29 is 46.8 Å². The van der Waals surface area contributed by atoms with Gasteiger partial charge in [0.25, 0.3) is 11.8 Å². The van der Waals surface area contributed by atoms with E-state index in [2.05, 4.69) is 0 Å². The Hall–Kier alpha value is -4.30. The summed E-state index contributed by atoms with van der Waals surface area (Å²) < 4.78 is 64.0. The van der Waals surface area contributed by atoms with Crippen molar-refractivity contribution >= 4 is 46.4 Å². The number of ether oxygens (including phenoxy) is 6. The quantitative estimate of drug-likeness (QED) is 0.153. The average molecular weight is 730 g/mol. The highest BCUT2D eigenvalue weighted by Crippen LogP contribution is 2.46. The van der Waals surface area contributed by atoms with E-state index < -0.39 is 24.2 Å². The van der Waals surface area contributed by atoms with Gasteiger partial charge in [-0.05, 0) is 12.1 Å². The molecule has 14 heteroatoms. The van der Waals surface area contributed by atoms with Crippen molar-refractivity contribution in [1.82, 2.24) is 0 Å². The van der Waals surface area contributed by atoms with E-state index in [1.807, 2.05) is 0 Å². The SMILES string of the molecule is COC(CN1C(=O)COc2cc(-c3cccc(-c4cccc(-c5cc6c(cc5F)N(CC(OC)OC)C(=O)CO6)c4Cl)c3Cl)c(F)cc21)OC. The van der Waals surface area contributed by atoms with Crippen LogP contribution in [-0.2, 0) is 28.5 Å². The Kier molecular flexibility index (Phi) is 10.6. The van der Waals surface area contributed by atoms with Gasteiger partial charge in [0.15, 0.2) is 25.8 Å². The summed E-state index contributed by atoms with van der Waals surface area (Å²) in [6, 6.07) is 15.5. The Balaban J connectivity index is 1.37. The topological polar surface area (TPSA) is 96.0 Å². The molecule has 0 atom stereocenters. The molecule has 10 nitrogen and oxygen atoms in total. The van der Waals surface area contributed by atoms with Crippen molar-refractivity contribution in [2.24, 2.45) is 0 Å². The van der Waals surface area contributed by atoms with Crippen molar-refractivity contribution in [3.05, 3.63) is 82.3 Å². The smallest absolute Gasteiger partial charge is 0.265 e. The van der Waals surface area contributed by atoms with Crippen LogP contribution in [0.3, 0.4) is 0 Å². The molecule has 2 aliphatic rings. The van der Waals surface area contributed by atoms with Crippen molar-refractivity contribution in [2.75, 3.05) is 64.5 Å². The van der Waals surface area contributed by atoms with Crippen LogP contribution in [0.4, 0.5) is 20.2 Å². The monoisotopic (exact) mass is 728 g/mol. The zero-order chi connectivity index (χ0) is 35.7. The standard InChI is InChI=1S/C36H32Cl2F2N2O8/c1-45-33(46-2)15-41-27-13-25(39)23(11-29(27)49-17-31(41)43)21-9-5-7-19(35(21)37)20-8-6-10-22(36(20)38)24-12-30-28(14-26(24)40)42(32(44)18-50-30)16-34(47-3)48-4/h5-14,33-34H,15-18H2,1-4H3. The van der Waals surface area contributed by atoms with E-state index in [0.29, 0.717) is 22.3 Å². The molecule has 0 unspecified atom stereocenters. The first-order valence-electron chi connectivity index (χ1n) is 15.3. The molecule has 0 N–H and O–H groups in total. The number of carbonyl (C=O) groups is 2. The maximum atomic E-state index is 15.9. The number of fused-ring (bicyclic) bond motifs is 2. The Morgan fingerprint density at radius 3 is 1.30 bits per heavy atom. The molecule has 2 heterocycles. The molecular formula is C36H32Cl2F2N2O8. The predicted octanol–water partition coefficient (Wildman–Crippen LogP) is 6.96. The van der Waals surface area contributed by atoms with Crippen LogP contribution in [0, 0.1) is 11.6 Å². The van der Waals surface area contributed by atoms with E-state index in [4.69, 9.17) is 51.6 Å². The molecule has 2 aliphatic heterocycles. The summed E-state index contributed by atoms with van der Waals surface area (Å²) >= 11 is 13.9. The molecule has 0 fully saturated rings. The third kappa shape index (κ3) is 6.62. The van der Waals surface area contributed by atoms with Gasteiger partial charge < -0.3 is 38.2 Å². The van der Waals surface area contributed by atoms with Gasteiger partial charge in [0.05, 0.1) is 34.5 Å². The lowest BCUT2D eigenvalue weighted by molar-refractivity contribution is -0.126. The summed E-state index contributed by atoms with van der Waals surface area (Å²) in [7, 11) is 5.77. The predicted molar refractivity (Wildman–Crippen MR) is 184 cm³/mol. The van der Waals surface area contributed by atoms with Gasteiger partial charge >= 0.3 is 0 Å². The van der Waals surface area contributed by atoms with Crippen LogP contribution in [0.1, 0.15) is 0 Å². The van der Waals surface area contributed by atoms with Crippen LogP contribution in [0.15, 0.2) is 60.7 Å². The molecule has 2 amide bonds. The Morgan fingerprint density at radius 1 is 0.620 bits per heavy atom. The summed E-state index contributed by atoms with van der Waals surface area (Å²) in [6.07, 6.45) is -1.46. The first-order valence-corrected chi connectivity index (χ1v) is 16.1. The fraction of sp³-hybridized carbons (Fsp3) is 0.278. The van der Waals surface area contributed by atoms with Crippen molar-refractivity contribution in [3.8, 4) is 44.9 Å². The summed E-state index contributed by atoms with van der Waals surface area (Å²) in [4.78, 5) is 28.0. The van der Waals surface area contributed by atoms with Gasteiger partial charge in [-0.2, -0.15) is 0 Å². The fourth-order valence-corrected chi connectivity index (χ4v) is 6.60. The highest BCUT2D eigenvalue weighted by molar-refractivity contribution is 6.39. The molecule has 0 aliphatic carbocycles. The molecule has 4 aromatic rings. The highest BCUT2D eigenvalue weighted by atomic mass is 35.5. The number of halogens is 4. The minimum absolute atomic E-state index is 0.0292. The fourth-order valence-electron chi connectivity index (χ4n) is 5.94. The molecule has 4 aromatic carbocycles. The van der Waals surface area contributed by atoms with E-state index >= 15 is 8.78 Å². The highest BCUT2D eigenvalue weighted by Gasteiger charge is 2.32. The Morgan fingerprint density at radius 2 is 0.960 bits per heavy atom. The second kappa shape index (κ2) is 14.9. The van der Waals surface area contributed by atoms with Gasteiger partial charge in [-0.1, -0.05) is 59.6 Å². The molecule has 0 bridgehead atoms. The first-order chi connectivity index (χ1) is 24.1. The largest absolute Gasteiger partial charge is 0.482 e. The normalized spacial score (nSPS) is 14.2. The van der Waals surface area contributed by atoms with Crippen LogP contribution in [0.5, 0.6) is 11.5 Å². The van der Waals surface area contributed by atoms with Gasteiger partial charge in [-0.15, -0.1) is 0 Å². The number of hydrogen-bond donors (Lipinski definition) is 0. The lowest BCUT2D eigenvalue weighted by Crippen LogP contribution is -2.44. The second-order valence-electron chi connectivity index (χ2n) is 11.3. The Bertz CT molecular complexity index is 1820. The van der Waals surface area contributed by atoms with E-state index in [0.717, 1.165) is 0 Å². The van der Waals surface area contributed by atoms with Crippen LogP contribution in [0.25, 0.3) is 33.4 Å². The second-order valence-corrected chi connectivity index (χ2v) is 12.1. The minimum Gasteiger partial charge on any atom is -0.482 e. The number of nitrogens with zero attached hydrogens (tertiary/aromatic N) is 2. The molecule has 0 spiro atoms. The van der Waals surface area contributed by atoms with Crippen LogP contribution < -0.4 is 19.3 Å². The first kappa shape index (κ1) is 35.5. The Labute approximate surface area is 296 Å². The molecular weight excluding hydrogens is 697 g/mol. The maximum absolute atomic E-state index is 15.9. The number of methoxy groups -OCH3 is 4. The number of carbonyl (C=O) groups excluding carboxylic acids is 2. The molecule has 0 saturated heterocycles. The van der Waals surface area contributed by atoms with E-state index in [-0.39, 0.29) is 82.2 Å². The maximum Gasteiger partial charge on any atom is 0.265 e. The molecule has 0 saturated carbocycles. The van der Waals surface area contributed by atoms with Crippen molar-refractivity contribution in [3.63, 3.8) is 0 Å². The number of amides is 2. The van der Waals surface area contributed by atoms with E-state index in [1.165, 1.54) is 62.5 Å². The lowest BCUT2D eigenvalue weighted by Gasteiger charge is -2.32. The number of benzene rings is 4. The molecule has 50 heavy (non-hydrogen) atoms. The molecule has 0 radical (unpaired) electrons. The third-order valence-corrected chi connectivity index (χ3v) is 9.38. The van der Waals surface area contributed by atoms with Crippen LogP contribution in [0.2, 0.25) is 10.0 Å². The average Bonchev–Trinajstić information content (AvgIpc) is 3.11. The van der Waals surface area contributed by atoms with E-state index in [1.54, 1.807) is 36.4 Å². The summed E-state index contributed by atoms with van der Waals surface area (Å²) in [5.41, 5.74) is 2.33. The van der Waals surface area contributed by atoms with Crippen molar-refractivity contribution in [1.29, 1.82) is 0 Å². The van der Waals surface area contributed by atoms with E-state index in [9.17, 15) is 9.59 Å². The summed E-state index contributed by atoms with van der Waals surface area (Å²) in [6.45, 7) is -0.454. The van der Waals surface area contributed by atoms with Gasteiger partial charge in [0, 0.05) is 74.0 Å². The van der Waals surface area contributed by atoms with Gasteiger partial charge in [-0.25, -0.2) is 8.78 Å². The zero-order valence-corrected chi connectivity index (χ0v) is 28.9. The lowest BCUT2D eigenvalue weighted by atomic mass is 9.94. The molecule has 6 rings (SSSR count). The van der Waals surface area contributed by atoms with Gasteiger partial charge in [0.1, 0.15) is 23.1 Å². The summed E-state index contributed by atoms with van der Waals surface area (Å²) in [5, 5.41) is 0.365. The molecule has 262 valence electrons. The van der Waals surface area contributed by atoms with Gasteiger partial charge in [-0.3, -0.25) is 9.59 Å². The van der Waals surface area contributed by atoms with Gasteiger partial charge in [0.2, 0.25) is 0 Å². The summed E-state index contributed by atoms with van der Waals surface area (Å²) in [5.74, 6) is -1.50. The minimum atomic E-state index is -0.731. The van der Waals surface area contributed by atoms with Crippen LogP contribution >= 0.6 is 23.2 Å². The number of hydrogen-bond acceptors (Lipinski definition) is 8. The zero-order valence-electron chi connectivity index (χ0n) is 27.4. The van der Waals surface area contributed by atoms with Crippen LogP contribution in [-0.4, -0.2) is 79.1 Å². The number of anilines is 2. The molecule has 0 aromatic heterocycles.